The molecular weight excluding hydrogens is 200 g/mol. The van der Waals surface area contributed by atoms with Gasteiger partial charge in [-0.2, -0.15) is 0 Å². The fraction of sp³-hybridized carbons (Fsp3) is 0.615. The monoisotopic (exact) mass is 222 g/mol. The molecule has 2 N–H and O–H groups in total. The maximum Gasteiger partial charge on any atom is 0.0436 e. The van der Waals surface area contributed by atoms with Gasteiger partial charge >= 0.3 is 0 Å². The van der Waals surface area contributed by atoms with Crippen LogP contribution in [0.3, 0.4) is 0 Å². The van der Waals surface area contributed by atoms with Crippen molar-refractivity contribution in [3.63, 3.8) is 0 Å². The van der Waals surface area contributed by atoms with E-state index in [1.807, 2.05) is 24.5 Å². The molecule has 0 atom stereocenters. The standard InChI is InChI=1S/C13H22N2O/c1-13(2,6-10-16)11-15-9-5-12-3-7-14-8-4-12/h3-4,7-8,15-16H,5-6,9-11H2,1-2H3. The van der Waals surface area contributed by atoms with Crippen molar-refractivity contribution >= 4 is 0 Å². The van der Waals surface area contributed by atoms with Crippen molar-refractivity contribution in [3.8, 4) is 0 Å². The van der Waals surface area contributed by atoms with Gasteiger partial charge in [-0.1, -0.05) is 13.8 Å². The van der Waals surface area contributed by atoms with Crippen LogP contribution in [0, 0.1) is 5.41 Å². The van der Waals surface area contributed by atoms with E-state index in [2.05, 4.69) is 24.1 Å². The first-order valence-electron chi connectivity index (χ1n) is 5.84. The van der Waals surface area contributed by atoms with Crippen molar-refractivity contribution in [1.29, 1.82) is 0 Å². The van der Waals surface area contributed by atoms with E-state index in [0.29, 0.717) is 0 Å². The summed E-state index contributed by atoms with van der Waals surface area (Å²) in [6, 6.07) is 4.08. The van der Waals surface area contributed by atoms with E-state index >= 15 is 0 Å². The molecule has 1 aromatic heterocycles. The minimum absolute atomic E-state index is 0.174. The number of hydrogen-bond donors (Lipinski definition) is 2. The maximum atomic E-state index is 8.90. The summed E-state index contributed by atoms with van der Waals surface area (Å²) in [7, 11) is 0. The summed E-state index contributed by atoms with van der Waals surface area (Å²) in [6.45, 7) is 6.52. The highest BCUT2D eigenvalue weighted by molar-refractivity contribution is 5.09. The van der Waals surface area contributed by atoms with Gasteiger partial charge in [0.05, 0.1) is 0 Å². The topological polar surface area (TPSA) is 45.1 Å². The SMILES string of the molecule is CC(C)(CCO)CNCCc1ccncc1. The highest BCUT2D eigenvalue weighted by Gasteiger charge is 2.15. The number of rotatable bonds is 7. The minimum Gasteiger partial charge on any atom is -0.396 e. The highest BCUT2D eigenvalue weighted by atomic mass is 16.3. The van der Waals surface area contributed by atoms with Crippen LogP contribution in [-0.4, -0.2) is 29.8 Å². The number of nitrogens with zero attached hydrogens (tertiary/aromatic N) is 1. The Bertz CT molecular complexity index is 285. The summed E-state index contributed by atoms with van der Waals surface area (Å²) < 4.78 is 0. The van der Waals surface area contributed by atoms with Gasteiger partial charge in [-0.25, -0.2) is 0 Å². The fourth-order valence-corrected chi connectivity index (χ4v) is 1.60. The summed E-state index contributed by atoms with van der Waals surface area (Å²) in [5.74, 6) is 0. The van der Waals surface area contributed by atoms with E-state index in [1.165, 1.54) is 5.56 Å². The van der Waals surface area contributed by atoms with Gasteiger partial charge in [0.25, 0.3) is 0 Å². The zero-order valence-electron chi connectivity index (χ0n) is 10.2. The Morgan fingerprint density at radius 1 is 1.31 bits per heavy atom. The normalized spacial score (nSPS) is 11.7. The molecule has 0 aromatic carbocycles. The molecule has 0 amide bonds. The van der Waals surface area contributed by atoms with Crippen molar-refractivity contribution in [2.75, 3.05) is 19.7 Å². The van der Waals surface area contributed by atoms with Crippen LogP contribution in [0.2, 0.25) is 0 Å². The van der Waals surface area contributed by atoms with Crippen molar-refractivity contribution < 1.29 is 5.11 Å². The molecule has 3 nitrogen and oxygen atoms in total. The minimum atomic E-state index is 0.174. The van der Waals surface area contributed by atoms with Crippen molar-refractivity contribution in [3.05, 3.63) is 30.1 Å². The Morgan fingerprint density at radius 3 is 2.62 bits per heavy atom. The van der Waals surface area contributed by atoms with Crippen LogP contribution in [0.1, 0.15) is 25.8 Å². The first-order chi connectivity index (χ1) is 7.64. The first-order valence-corrected chi connectivity index (χ1v) is 5.84. The fourth-order valence-electron chi connectivity index (χ4n) is 1.60. The van der Waals surface area contributed by atoms with Crippen molar-refractivity contribution in [2.24, 2.45) is 5.41 Å². The average Bonchev–Trinajstić information content (AvgIpc) is 2.26. The highest BCUT2D eigenvalue weighted by Crippen LogP contribution is 2.17. The third kappa shape index (κ3) is 5.24. The lowest BCUT2D eigenvalue weighted by atomic mass is 9.90. The third-order valence-corrected chi connectivity index (χ3v) is 2.73. The van der Waals surface area contributed by atoms with Gasteiger partial charge in [-0.05, 0) is 42.5 Å². The largest absolute Gasteiger partial charge is 0.396 e. The molecule has 1 rings (SSSR count). The Hall–Kier alpha value is -0.930. The molecule has 0 aliphatic carbocycles. The van der Waals surface area contributed by atoms with Gasteiger partial charge < -0.3 is 10.4 Å². The molecule has 0 aliphatic heterocycles. The summed E-state index contributed by atoms with van der Waals surface area (Å²) in [4.78, 5) is 3.99. The molecule has 90 valence electrons. The quantitative estimate of drug-likeness (QED) is 0.689. The van der Waals surface area contributed by atoms with E-state index in [-0.39, 0.29) is 12.0 Å². The summed E-state index contributed by atoms with van der Waals surface area (Å²) in [5, 5.41) is 12.3. The van der Waals surface area contributed by atoms with Gasteiger partial charge in [0, 0.05) is 25.5 Å². The Kier molecular flexibility index (Phi) is 5.43. The molecule has 0 fully saturated rings. The van der Waals surface area contributed by atoms with E-state index < -0.39 is 0 Å². The third-order valence-electron chi connectivity index (χ3n) is 2.73. The summed E-state index contributed by atoms with van der Waals surface area (Å²) >= 11 is 0. The Morgan fingerprint density at radius 2 is 2.00 bits per heavy atom. The molecule has 0 aliphatic rings. The maximum absolute atomic E-state index is 8.90. The average molecular weight is 222 g/mol. The van der Waals surface area contributed by atoms with Gasteiger partial charge in [0.2, 0.25) is 0 Å². The molecule has 16 heavy (non-hydrogen) atoms. The van der Waals surface area contributed by atoms with Gasteiger partial charge in [0.1, 0.15) is 0 Å². The van der Waals surface area contributed by atoms with Crippen LogP contribution >= 0.6 is 0 Å². The smallest absolute Gasteiger partial charge is 0.0436 e. The van der Waals surface area contributed by atoms with Gasteiger partial charge in [0.15, 0.2) is 0 Å². The summed E-state index contributed by atoms with van der Waals surface area (Å²) in [5.41, 5.74) is 1.48. The molecular formula is C13H22N2O. The summed E-state index contributed by atoms with van der Waals surface area (Å²) in [6.07, 6.45) is 5.52. The number of aromatic nitrogens is 1. The van der Waals surface area contributed by atoms with Gasteiger partial charge in [-0.15, -0.1) is 0 Å². The molecule has 0 bridgehead atoms. The predicted molar refractivity (Wildman–Crippen MR) is 66.3 cm³/mol. The molecule has 1 heterocycles. The second kappa shape index (κ2) is 6.61. The first kappa shape index (κ1) is 13.1. The van der Waals surface area contributed by atoms with Gasteiger partial charge in [-0.3, -0.25) is 4.98 Å². The molecule has 0 radical (unpaired) electrons. The van der Waals surface area contributed by atoms with Crippen LogP contribution in [0.25, 0.3) is 0 Å². The van der Waals surface area contributed by atoms with E-state index in [9.17, 15) is 0 Å². The predicted octanol–water partition coefficient (Wildman–Crippen LogP) is 1.62. The van der Waals surface area contributed by atoms with Crippen LogP contribution in [0.15, 0.2) is 24.5 Å². The molecule has 0 saturated heterocycles. The lowest BCUT2D eigenvalue weighted by Crippen LogP contribution is -2.31. The second-order valence-electron chi connectivity index (χ2n) is 4.92. The molecule has 0 unspecified atom stereocenters. The molecule has 0 spiro atoms. The lowest BCUT2D eigenvalue weighted by Gasteiger charge is -2.23. The number of nitrogens with one attached hydrogen (secondary N) is 1. The molecule has 1 aromatic rings. The van der Waals surface area contributed by atoms with Crippen LogP contribution in [0.5, 0.6) is 0 Å². The van der Waals surface area contributed by atoms with E-state index in [1.54, 1.807) is 0 Å². The van der Waals surface area contributed by atoms with Crippen molar-refractivity contribution in [2.45, 2.75) is 26.7 Å². The zero-order chi connectivity index (χ0) is 11.9. The molecule has 0 saturated carbocycles. The number of pyridine rings is 1. The number of hydrogen-bond acceptors (Lipinski definition) is 3. The van der Waals surface area contributed by atoms with Crippen molar-refractivity contribution in [1.82, 2.24) is 10.3 Å². The Labute approximate surface area is 97.9 Å². The second-order valence-corrected chi connectivity index (χ2v) is 4.92. The number of aliphatic hydroxyl groups is 1. The zero-order valence-corrected chi connectivity index (χ0v) is 10.2. The van der Waals surface area contributed by atoms with E-state index in [4.69, 9.17) is 5.11 Å². The Balaban J connectivity index is 2.17. The van der Waals surface area contributed by atoms with Crippen LogP contribution in [-0.2, 0) is 6.42 Å². The van der Waals surface area contributed by atoms with Crippen LogP contribution in [0.4, 0.5) is 0 Å². The van der Waals surface area contributed by atoms with Crippen LogP contribution < -0.4 is 5.32 Å². The lowest BCUT2D eigenvalue weighted by molar-refractivity contribution is 0.207. The number of aliphatic hydroxyl groups excluding tert-OH is 1. The van der Waals surface area contributed by atoms with E-state index in [0.717, 1.165) is 25.9 Å². The molecule has 3 heteroatoms.